The number of aliphatic hydroxyl groups excluding tert-OH is 1. The summed E-state index contributed by atoms with van der Waals surface area (Å²) in [7, 11) is 1.90. The molecule has 2 fully saturated rings. The van der Waals surface area contributed by atoms with Crippen LogP contribution in [0.15, 0.2) is 54.3 Å². The molecule has 4 atom stereocenters. The van der Waals surface area contributed by atoms with E-state index >= 15 is 8.78 Å². The van der Waals surface area contributed by atoms with Crippen LogP contribution in [0.5, 0.6) is 5.75 Å². The van der Waals surface area contributed by atoms with Crippen LogP contribution in [0.4, 0.5) is 46.5 Å². The summed E-state index contributed by atoms with van der Waals surface area (Å²) in [6, 6.07) is 4.81. The van der Waals surface area contributed by atoms with Gasteiger partial charge in [-0.1, -0.05) is 20.8 Å². The van der Waals surface area contributed by atoms with Gasteiger partial charge in [-0.3, -0.25) is 24.3 Å². The SMILES string of the molecule is Cc1ncsc1C1=CNC([C@@H]2C[C@@H](O)CN2C(=O)[C@@H](NC(=O)COCCCCOc2ccc(-c3ncc(N4C(=S)N(c5ccc(C#N)c(C(F)(F)F)c5F)C(=O)C4(C)C)cc3F)c(C(F)(F)F)c2)C(C)(C)C)N1C. The number of carbonyl (C=O) groups is 3. The Hall–Kier alpha value is -6.49. The minimum absolute atomic E-state index is 0.0596. The number of benzene rings is 2. The van der Waals surface area contributed by atoms with Crippen molar-refractivity contribution in [1.82, 2.24) is 30.4 Å². The lowest BCUT2D eigenvalue weighted by Gasteiger charge is -2.39. The predicted molar refractivity (Wildman–Crippen MR) is 260 cm³/mol. The molecule has 0 radical (unpaired) electrons. The number of carbonyl (C=O) groups excluding carboxylic acids is 3. The highest BCUT2D eigenvalue weighted by Crippen LogP contribution is 2.44. The standard InChI is InChI=1S/C49H51F8N9O6S2/c1-25-40(74-24-61-25)35-21-60-42(63(35)7)34-17-28(67)22-64(34)43(69)41(46(2,3)4)62-36(68)23-71-14-8-9-15-72-29-11-12-30(31(18-29)48(52,53)54)39-32(50)16-27(20-59-39)66-45(73)65(44(70)47(66,5)6)33-13-10-26(19-58)37(38(33)51)49(55,56)57/h10-13,16,18,20-21,24,28,34,41-42,60,67H,8-9,14-15,17,22-23H2,1-7H3,(H,62,68)/t28-,34+,41-,42?/m1/s1. The molecule has 3 amide bonds. The average Bonchev–Trinajstić information content (AvgIpc) is 4.06. The minimum Gasteiger partial charge on any atom is -0.494 e. The lowest BCUT2D eigenvalue weighted by molar-refractivity contribution is -0.142. The van der Waals surface area contributed by atoms with E-state index in [2.05, 4.69) is 20.6 Å². The first-order valence-electron chi connectivity index (χ1n) is 23.0. The molecule has 3 N–H and O–H groups in total. The summed E-state index contributed by atoms with van der Waals surface area (Å²) in [5, 5.41) is 25.5. The van der Waals surface area contributed by atoms with Gasteiger partial charge in [0.15, 0.2) is 16.7 Å². The normalized spacial score (nSPS) is 19.4. The Morgan fingerprint density at radius 3 is 2.38 bits per heavy atom. The van der Waals surface area contributed by atoms with E-state index in [-0.39, 0.29) is 49.7 Å². The van der Waals surface area contributed by atoms with Gasteiger partial charge in [0, 0.05) is 38.0 Å². The number of likely N-dealkylation sites (tertiary alicyclic amines) is 1. The van der Waals surface area contributed by atoms with Gasteiger partial charge >= 0.3 is 12.4 Å². The number of thiocarbonyl (C=S) groups is 1. The molecule has 0 bridgehead atoms. The number of thiazole rings is 1. The summed E-state index contributed by atoms with van der Waals surface area (Å²) in [5.41, 5.74) is -5.95. The minimum atomic E-state index is -5.33. The fourth-order valence-electron chi connectivity index (χ4n) is 9.10. The van der Waals surface area contributed by atoms with E-state index in [1.54, 1.807) is 10.4 Å². The van der Waals surface area contributed by atoms with Gasteiger partial charge in [-0.25, -0.2) is 13.8 Å². The van der Waals surface area contributed by atoms with Crippen molar-refractivity contribution in [1.29, 1.82) is 5.26 Å². The molecule has 0 aliphatic carbocycles. The molecule has 3 aliphatic rings. The highest BCUT2D eigenvalue weighted by molar-refractivity contribution is 7.81. The maximum atomic E-state index is 15.9. The first-order valence-corrected chi connectivity index (χ1v) is 24.3. The largest absolute Gasteiger partial charge is 0.494 e. The number of hydrogen-bond donors (Lipinski definition) is 3. The molecule has 2 saturated heterocycles. The van der Waals surface area contributed by atoms with Crippen molar-refractivity contribution in [3.05, 3.63) is 93.2 Å². The number of amides is 3. The van der Waals surface area contributed by atoms with Crippen molar-refractivity contribution in [2.45, 2.75) is 103 Å². The van der Waals surface area contributed by atoms with Gasteiger partial charge in [-0.2, -0.15) is 31.6 Å². The molecule has 25 heteroatoms. The summed E-state index contributed by atoms with van der Waals surface area (Å²) < 4.78 is 128. The van der Waals surface area contributed by atoms with E-state index in [1.165, 1.54) is 37.3 Å². The third-order valence-corrected chi connectivity index (χ3v) is 14.1. The summed E-state index contributed by atoms with van der Waals surface area (Å²) in [4.78, 5) is 55.2. The monoisotopic (exact) mass is 1080 g/mol. The fraction of sp³-hybridized carbons (Fsp3) is 0.449. The zero-order valence-electron chi connectivity index (χ0n) is 40.9. The van der Waals surface area contributed by atoms with Gasteiger partial charge in [0.25, 0.3) is 5.91 Å². The Balaban J connectivity index is 0.936. The molecule has 0 saturated carbocycles. The number of aromatic nitrogens is 2. The molecular formula is C49H51F8N9O6S2. The van der Waals surface area contributed by atoms with Gasteiger partial charge in [-0.05, 0) is 88.0 Å². The number of nitriles is 1. The van der Waals surface area contributed by atoms with Gasteiger partial charge < -0.3 is 39.9 Å². The molecule has 15 nitrogen and oxygen atoms in total. The Morgan fingerprint density at radius 2 is 1.76 bits per heavy atom. The van der Waals surface area contributed by atoms with Crippen molar-refractivity contribution >= 4 is 63.5 Å². The van der Waals surface area contributed by atoms with Crippen LogP contribution in [0.1, 0.15) is 81.1 Å². The maximum Gasteiger partial charge on any atom is 0.420 e. The molecule has 396 valence electrons. The predicted octanol–water partition coefficient (Wildman–Crippen LogP) is 8.15. The fourth-order valence-corrected chi connectivity index (χ4v) is 10.5. The van der Waals surface area contributed by atoms with Gasteiger partial charge in [0.2, 0.25) is 11.8 Å². The quantitative estimate of drug-likeness (QED) is 0.0592. The molecule has 3 aliphatic heterocycles. The van der Waals surface area contributed by atoms with E-state index in [0.717, 1.165) is 45.6 Å². The van der Waals surface area contributed by atoms with Crippen LogP contribution in [-0.2, 0) is 31.5 Å². The highest BCUT2D eigenvalue weighted by atomic mass is 32.1. The third kappa shape index (κ3) is 11.0. The van der Waals surface area contributed by atoms with Crippen molar-refractivity contribution in [2.75, 3.05) is 43.2 Å². The number of anilines is 2. The molecule has 2 aromatic heterocycles. The number of ether oxygens (including phenoxy) is 2. The lowest BCUT2D eigenvalue weighted by Crippen LogP contribution is -2.59. The van der Waals surface area contributed by atoms with Crippen molar-refractivity contribution in [3.8, 4) is 23.1 Å². The van der Waals surface area contributed by atoms with Crippen LogP contribution in [-0.4, -0.2) is 111 Å². The first kappa shape index (κ1) is 55.3. The summed E-state index contributed by atoms with van der Waals surface area (Å²) in [6.07, 6.45) is -7.80. The van der Waals surface area contributed by atoms with Crippen LogP contribution in [0.25, 0.3) is 17.0 Å². The van der Waals surface area contributed by atoms with Crippen LogP contribution in [0.3, 0.4) is 0 Å². The maximum absolute atomic E-state index is 15.9. The number of nitrogens with zero attached hydrogens (tertiary/aromatic N) is 7. The first-order chi connectivity index (χ1) is 34.6. The number of aliphatic hydroxyl groups is 1. The summed E-state index contributed by atoms with van der Waals surface area (Å²) in [6.45, 7) is 9.52. The topological polar surface area (TPSA) is 176 Å². The molecule has 74 heavy (non-hydrogen) atoms. The van der Waals surface area contributed by atoms with Crippen LogP contribution in [0.2, 0.25) is 0 Å². The summed E-state index contributed by atoms with van der Waals surface area (Å²) >= 11 is 6.88. The molecule has 5 heterocycles. The van der Waals surface area contributed by atoms with E-state index < -0.39 is 110 Å². The average molecular weight is 1080 g/mol. The number of unbranched alkanes of at least 4 members (excludes halogenated alkanes) is 1. The number of β-amino-alcohol motifs (C(OH)–C–C–N with tert-alkyl or cyclic N) is 1. The Bertz CT molecular complexity index is 2920. The number of alkyl halides is 6. The van der Waals surface area contributed by atoms with E-state index in [1.807, 2.05) is 45.8 Å². The van der Waals surface area contributed by atoms with Crippen molar-refractivity contribution in [2.24, 2.45) is 5.41 Å². The number of likely N-dealkylation sites (N-methyl/N-ethyl adjacent to an activating group) is 1. The molecule has 1 unspecified atom stereocenters. The van der Waals surface area contributed by atoms with E-state index in [9.17, 15) is 51.1 Å². The number of halogens is 8. The number of hydrogen-bond acceptors (Lipinski definition) is 13. The van der Waals surface area contributed by atoms with Crippen LogP contribution < -0.4 is 25.2 Å². The number of nitrogens with one attached hydrogen (secondary N) is 2. The Kier molecular flexibility index (Phi) is 15.7. The Morgan fingerprint density at radius 1 is 1.05 bits per heavy atom. The zero-order valence-corrected chi connectivity index (χ0v) is 42.5. The Labute approximate surface area is 429 Å². The van der Waals surface area contributed by atoms with E-state index in [4.69, 9.17) is 21.7 Å². The highest BCUT2D eigenvalue weighted by Gasteiger charge is 2.53. The number of pyridine rings is 1. The molecule has 7 rings (SSSR count). The second-order valence-electron chi connectivity index (χ2n) is 19.4. The van der Waals surface area contributed by atoms with Crippen LogP contribution in [0, 0.1) is 35.3 Å². The number of aryl methyl sites for hydroxylation is 1. The second kappa shape index (κ2) is 21.0. The number of rotatable bonds is 15. The smallest absolute Gasteiger partial charge is 0.420 e. The van der Waals surface area contributed by atoms with Gasteiger partial charge in [0.1, 0.15) is 41.4 Å². The molecular weight excluding hydrogens is 1030 g/mol. The van der Waals surface area contributed by atoms with Crippen molar-refractivity contribution in [3.63, 3.8) is 0 Å². The second-order valence-corrected chi connectivity index (χ2v) is 20.6. The van der Waals surface area contributed by atoms with Crippen LogP contribution >= 0.6 is 23.6 Å². The van der Waals surface area contributed by atoms with Gasteiger partial charge in [-0.15, -0.1) is 11.3 Å². The molecule has 2 aromatic carbocycles. The zero-order chi connectivity index (χ0) is 54.4. The van der Waals surface area contributed by atoms with E-state index in [0.29, 0.717) is 29.9 Å². The summed E-state index contributed by atoms with van der Waals surface area (Å²) in [5.74, 6) is -5.42. The van der Waals surface area contributed by atoms with Crippen molar-refractivity contribution < 1.29 is 64.1 Å². The molecule has 4 aromatic rings. The third-order valence-electron chi connectivity index (χ3n) is 12.8. The lowest BCUT2D eigenvalue weighted by atomic mass is 9.85. The van der Waals surface area contributed by atoms with Gasteiger partial charge in [0.05, 0.1) is 75.3 Å². The molecule has 0 spiro atoms.